The van der Waals surface area contributed by atoms with Gasteiger partial charge in [0.2, 0.25) is 0 Å². The number of carbonyl (C=O) groups excluding carboxylic acids is 1. The average molecular weight is 395 g/mol. The van der Waals surface area contributed by atoms with E-state index >= 15 is 0 Å². The molecule has 0 fully saturated rings. The minimum absolute atomic E-state index is 0.0674. The summed E-state index contributed by atoms with van der Waals surface area (Å²) < 4.78 is 10.2. The molecule has 1 N–H and O–H groups in total. The summed E-state index contributed by atoms with van der Waals surface area (Å²) in [7, 11) is 0. The van der Waals surface area contributed by atoms with Crippen molar-refractivity contribution in [2.75, 3.05) is 6.61 Å². The number of hydrogen-bond acceptors (Lipinski definition) is 4. The summed E-state index contributed by atoms with van der Waals surface area (Å²) in [5, 5.41) is 9.74. The Morgan fingerprint density at radius 3 is 2.50 bits per heavy atom. The number of allylic oxidation sites excluding steroid dienone is 2. The first-order valence-electron chi connectivity index (χ1n) is 10.4. The topological polar surface area (TPSA) is 55.8 Å². The monoisotopic (exact) mass is 394 g/mol. The lowest BCUT2D eigenvalue weighted by Crippen LogP contribution is -2.29. The average Bonchev–Trinajstić information content (AvgIpc) is 2.59. The Kier molecular flexibility index (Phi) is 13.0. The minimum Gasteiger partial charge on any atom is -0.466 e. The van der Waals surface area contributed by atoms with Gasteiger partial charge in [0.15, 0.2) is 5.79 Å². The lowest BCUT2D eigenvalue weighted by Gasteiger charge is -2.32. The van der Waals surface area contributed by atoms with Crippen LogP contribution in [0, 0.1) is 17.8 Å². The number of rotatable bonds is 10. The van der Waals surface area contributed by atoms with Crippen molar-refractivity contribution in [3.63, 3.8) is 0 Å². The fourth-order valence-corrected chi connectivity index (χ4v) is 3.29. The normalized spacial score (nSPS) is 20.5. The zero-order valence-electron chi connectivity index (χ0n) is 18.9. The number of carbonyl (C=O) groups is 1. The van der Waals surface area contributed by atoms with Gasteiger partial charge < -0.3 is 14.6 Å². The van der Waals surface area contributed by atoms with Gasteiger partial charge in [-0.25, -0.2) is 0 Å². The van der Waals surface area contributed by atoms with Gasteiger partial charge in [-0.3, -0.25) is 4.79 Å². The summed E-state index contributed by atoms with van der Waals surface area (Å²) >= 11 is 0. The second-order valence-electron chi connectivity index (χ2n) is 8.45. The fourth-order valence-electron chi connectivity index (χ4n) is 3.29. The van der Waals surface area contributed by atoms with Gasteiger partial charge in [-0.2, -0.15) is 0 Å². The predicted octanol–water partition coefficient (Wildman–Crippen LogP) is 5.82. The molecule has 0 heterocycles. The van der Waals surface area contributed by atoms with Crippen LogP contribution in [0.3, 0.4) is 0 Å². The van der Waals surface area contributed by atoms with E-state index in [2.05, 4.69) is 44.7 Å². The van der Waals surface area contributed by atoms with Crippen LogP contribution in [0.4, 0.5) is 0 Å². The van der Waals surface area contributed by atoms with Gasteiger partial charge in [-0.15, -0.1) is 13.2 Å². The standard InChI is InChI=1S/C18H32O2.C6H10O2/c1-7-17(20-18(5,6)19)11-10-16-12-15(13(2)3)9-8-14(16)4;1-3-4-5-8-6(2)7/h7-8,13,15-17,19H,1,9-12H2,2-6H3;3H,1,4-5H2,2H3/t15?,16-,17+;/m1./s1. The van der Waals surface area contributed by atoms with Crippen LogP contribution in [0.5, 0.6) is 0 Å². The molecule has 0 radical (unpaired) electrons. The van der Waals surface area contributed by atoms with Crippen LogP contribution < -0.4 is 0 Å². The van der Waals surface area contributed by atoms with Crippen LogP contribution in [0.2, 0.25) is 0 Å². The fraction of sp³-hybridized carbons (Fsp3) is 0.708. The number of aliphatic hydroxyl groups is 1. The zero-order chi connectivity index (χ0) is 21.7. The Labute approximate surface area is 172 Å². The summed E-state index contributed by atoms with van der Waals surface area (Å²) in [6, 6.07) is 0. The molecular weight excluding hydrogens is 352 g/mol. The maximum absolute atomic E-state index is 10.1. The van der Waals surface area contributed by atoms with Crippen molar-refractivity contribution in [2.45, 2.75) is 85.5 Å². The molecule has 0 spiro atoms. The van der Waals surface area contributed by atoms with E-state index in [1.54, 1.807) is 26.0 Å². The van der Waals surface area contributed by atoms with E-state index in [9.17, 15) is 9.90 Å². The maximum Gasteiger partial charge on any atom is 0.302 e. The van der Waals surface area contributed by atoms with Crippen molar-refractivity contribution in [1.29, 1.82) is 0 Å². The first-order valence-corrected chi connectivity index (χ1v) is 10.4. The predicted molar refractivity (Wildman–Crippen MR) is 117 cm³/mol. The van der Waals surface area contributed by atoms with Crippen LogP contribution >= 0.6 is 0 Å². The van der Waals surface area contributed by atoms with Crippen molar-refractivity contribution >= 4 is 5.97 Å². The van der Waals surface area contributed by atoms with E-state index in [0.29, 0.717) is 12.5 Å². The minimum atomic E-state index is -1.09. The van der Waals surface area contributed by atoms with Crippen LogP contribution in [-0.2, 0) is 14.3 Å². The van der Waals surface area contributed by atoms with Gasteiger partial charge in [-0.1, -0.05) is 37.6 Å². The van der Waals surface area contributed by atoms with Gasteiger partial charge in [0, 0.05) is 6.92 Å². The van der Waals surface area contributed by atoms with Gasteiger partial charge >= 0.3 is 5.97 Å². The Morgan fingerprint density at radius 2 is 2.04 bits per heavy atom. The van der Waals surface area contributed by atoms with Crippen LogP contribution in [0.15, 0.2) is 37.0 Å². The Balaban J connectivity index is 0.000000769. The smallest absolute Gasteiger partial charge is 0.302 e. The number of esters is 1. The van der Waals surface area contributed by atoms with E-state index < -0.39 is 5.79 Å². The quantitative estimate of drug-likeness (QED) is 0.219. The first-order chi connectivity index (χ1) is 13.0. The first kappa shape index (κ1) is 26.6. The third-order valence-corrected chi connectivity index (χ3v) is 5.05. The molecule has 0 aromatic carbocycles. The molecular formula is C24H42O4. The van der Waals surface area contributed by atoms with Crippen LogP contribution in [-0.4, -0.2) is 29.6 Å². The Bertz CT molecular complexity index is 499. The van der Waals surface area contributed by atoms with E-state index in [1.807, 2.05) is 0 Å². The molecule has 3 atom stereocenters. The highest BCUT2D eigenvalue weighted by Gasteiger charge is 2.25. The third kappa shape index (κ3) is 12.9. The molecule has 1 unspecified atom stereocenters. The van der Waals surface area contributed by atoms with Crippen molar-refractivity contribution in [3.05, 3.63) is 37.0 Å². The lowest BCUT2D eigenvalue weighted by molar-refractivity contribution is -0.196. The van der Waals surface area contributed by atoms with E-state index in [0.717, 1.165) is 31.1 Å². The lowest BCUT2D eigenvalue weighted by atomic mass is 9.75. The Morgan fingerprint density at radius 1 is 1.39 bits per heavy atom. The van der Waals surface area contributed by atoms with Crippen molar-refractivity contribution in [3.8, 4) is 0 Å². The summed E-state index contributed by atoms with van der Waals surface area (Å²) in [6.45, 7) is 19.4. The third-order valence-electron chi connectivity index (χ3n) is 5.05. The van der Waals surface area contributed by atoms with Crippen molar-refractivity contribution < 1.29 is 19.4 Å². The molecule has 1 rings (SSSR count). The molecule has 0 aromatic heterocycles. The molecule has 162 valence electrons. The molecule has 4 heteroatoms. The molecule has 4 nitrogen and oxygen atoms in total. The van der Waals surface area contributed by atoms with E-state index in [-0.39, 0.29) is 12.1 Å². The van der Waals surface area contributed by atoms with Gasteiger partial charge in [0.05, 0.1) is 12.7 Å². The highest BCUT2D eigenvalue weighted by atomic mass is 16.6. The highest BCUT2D eigenvalue weighted by molar-refractivity contribution is 5.65. The molecule has 1 aliphatic carbocycles. The molecule has 0 aromatic rings. The highest BCUT2D eigenvalue weighted by Crippen LogP contribution is 2.36. The van der Waals surface area contributed by atoms with Gasteiger partial charge in [0.25, 0.3) is 0 Å². The largest absolute Gasteiger partial charge is 0.466 e. The SMILES string of the molecule is C=CCCOC(C)=O.C=C[C@@H](CC[C@@H]1CC(C(C)C)CC=C1C)OC(C)(C)O. The van der Waals surface area contributed by atoms with Crippen molar-refractivity contribution in [1.82, 2.24) is 0 Å². The molecule has 0 amide bonds. The van der Waals surface area contributed by atoms with Gasteiger partial charge in [-0.05, 0) is 70.6 Å². The Hall–Kier alpha value is -1.39. The second kappa shape index (κ2) is 13.7. The van der Waals surface area contributed by atoms with Gasteiger partial charge in [0.1, 0.15) is 0 Å². The van der Waals surface area contributed by atoms with Crippen molar-refractivity contribution in [2.24, 2.45) is 17.8 Å². The number of hydrogen-bond donors (Lipinski definition) is 1. The number of ether oxygens (including phenoxy) is 2. The summed E-state index contributed by atoms with van der Waals surface area (Å²) in [5.74, 6) is 0.901. The summed E-state index contributed by atoms with van der Waals surface area (Å²) in [6.07, 6.45) is 11.1. The molecule has 0 saturated carbocycles. The molecule has 0 aliphatic heterocycles. The molecule has 0 saturated heterocycles. The second-order valence-corrected chi connectivity index (χ2v) is 8.45. The maximum atomic E-state index is 10.1. The molecule has 1 aliphatic rings. The van der Waals surface area contributed by atoms with E-state index in [4.69, 9.17) is 4.74 Å². The van der Waals surface area contributed by atoms with E-state index in [1.165, 1.54) is 25.3 Å². The molecule has 28 heavy (non-hydrogen) atoms. The van der Waals surface area contributed by atoms with Crippen LogP contribution in [0.1, 0.15) is 73.6 Å². The zero-order valence-corrected chi connectivity index (χ0v) is 18.9. The van der Waals surface area contributed by atoms with Crippen LogP contribution in [0.25, 0.3) is 0 Å². The summed E-state index contributed by atoms with van der Waals surface area (Å²) in [5.41, 5.74) is 1.52. The molecule has 0 bridgehead atoms. The summed E-state index contributed by atoms with van der Waals surface area (Å²) in [4.78, 5) is 10.1.